The highest BCUT2D eigenvalue weighted by Crippen LogP contribution is 2.24. The van der Waals surface area contributed by atoms with Crippen LogP contribution in [0.1, 0.15) is 51.8 Å². The molecular weight excluding hydrogens is 429 g/mol. The maximum Gasteiger partial charge on any atom is 0.251 e. The molecule has 4 rings (SSSR count). The van der Waals surface area contributed by atoms with Crippen molar-refractivity contribution >= 4 is 17.1 Å². The Hall–Kier alpha value is -2.93. The minimum atomic E-state index is -0.395. The first kappa shape index (κ1) is 25.7. The van der Waals surface area contributed by atoms with Gasteiger partial charge in [-0.05, 0) is 71.0 Å². The molecule has 2 aliphatic rings. The number of pyridine rings is 1. The van der Waals surface area contributed by atoms with E-state index in [1.165, 1.54) is 6.07 Å². The zero-order chi connectivity index (χ0) is 25.0. The number of hydrogen-bond acceptors (Lipinski definition) is 4. The second kappa shape index (κ2) is 11.0. The zero-order valence-electron chi connectivity index (χ0n) is 21.5. The van der Waals surface area contributed by atoms with Crippen LogP contribution in [0.25, 0.3) is 11.2 Å². The van der Waals surface area contributed by atoms with Crippen molar-refractivity contribution in [2.45, 2.75) is 59.5 Å². The molecular formula is C27H38FN5O. The summed E-state index contributed by atoms with van der Waals surface area (Å²) in [4.78, 5) is 23.7. The second-order valence-corrected chi connectivity index (χ2v) is 9.10. The normalized spacial score (nSPS) is 19.4. The fourth-order valence-electron chi connectivity index (χ4n) is 4.46. The molecule has 4 heterocycles. The first-order chi connectivity index (χ1) is 16.2. The van der Waals surface area contributed by atoms with Crippen LogP contribution in [0.4, 0.5) is 4.39 Å². The van der Waals surface area contributed by atoms with Gasteiger partial charge in [-0.25, -0.2) is 9.37 Å². The van der Waals surface area contributed by atoms with Crippen molar-refractivity contribution in [2.75, 3.05) is 27.2 Å². The summed E-state index contributed by atoms with van der Waals surface area (Å²) in [5.41, 5.74) is 3.49. The average molecular weight is 468 g/mol. The number of halogens is 1. The van der Waals surface area contributed by atoms with Crippen molar-refractivity contribution in [2.24, 2.45) is 0 Å². The molecule has 1 saturated heterocycles. The summed E-state index contributed by atoms with van der Waals surface area (Å²) in [5.74, 6) is -0.504. The molecule has 2 aromatic heterocycles. The second-order valence-electron chi connectivity index (χ2n) is 9.10. The Morgan fingerprint density at radius 2 is 1.88 bits per heavy atom. The standard InChI is InChI=1S/C25H32FN5O.C2H6/c1-17(20-13-23(26)25-27-18(2)14-30(25)15-20)12-24(32)31-16-22(7-6-19(31)3)29-10-8-21(9-11-29)28(4)5;1-2/h6-7,12-16,19,21H,8-11H2,1-5H3;1-2H3/b17-12+;. The first-order valence-electron chi connectivity index (χ1n) is 12.2. The van der Waals surface area contributed by atoms with Gasteiger partial charge in [0.05, 0.1) is 17.4 Å². The van der Waals surface area contributed by atoms with Crippen molar-refractivity contribution in [3.05, 3.63) is 65.7 Å². The first-order valence-corrected chi connectivity index (χ1v) is 12.2. The molecule has 2 aliphatic heterocycles. The van der Waals surface area contributed by atoms with Gasteiger partial charge in [-0.1, -0.05) is 19.9 Å². The number of likely N-dealkylation sites (tertiary alicyclic amines) is 1. The largest absolute Gasteiger partial charge is 0.370 e. The van der Waals surface area contributed by atoms with Crippen LogP contribution in [0.15, 0.2) is 48.6 Å². The van der Waals surface area contributed by atoms with Gasteiger partial charge in [-0.2, -0.15) is 0 Å². The molecule has 7 heteroatoms. The van der Waals surface area contributed by atoms with E-state index in [1.54, 1.807) is 21.6 Å². The third kappa shape index (κ3) is 5.58. The maximum absolute atomic E-state index is 14.5. The van der Waals surface area contributed by atoms with Gasteiger partial charge >= 0.3 is 0 Å². The smallest absolute Gasteiger partial charge is 0.251 e. The molecule has 184 valence electrons. The van der Waals surface area contributed by atoms with Crippen molar-refractivity contribution < 1.29 is 9.18 Å². The molecule has 0 aliphatic carbocycles. The molecule has 0 radical (unpaired) electrons. The highest BCUT2D eigenvalue weighted by Gasteiger charge is 2.25. The predicted octanol–water partition coefficient (Wildman–Crippen LogP) is 4.87. The number of imidazole rings is 1. The lowest BCUT2D eigenvalue weighted by atomic mass is 10.0. The topological polar surface area (TPSA) is 44.1 Å². The highest BCUT2D eigenvalue weighted by molar-refractivity contribution is 5.96. The van der Waals surface area contributed by atoms with Gasteiger partial charge in [-0.15, -0.1) is 0 Å². The Kier molecular flexibility index (Phi) is 8.31. The van der Waals surface area contributed by atoms with E-state index >= 15 is 0 Å². The number of aromatic nitrogens is 2. The number of piperidine rings is 1. The van der Waals surface area contributed by atoms with Crippen LogP contribution in [0.2, 0.25) is 0 Å². The number of allylic oxidation sites excluding steroid dienone is 2. The van der Waals surface area contributed by atoms with E-state index in [4.69, 9.17) is 0 Å². The Balaban J connectivity index is 0.00000158. The van der Waals surface area contributed by atoms with E-state index in [1.807, 2.05) is 47.0 Å². The van der Waals surface area contributed by atoms with Gasteiger partial charge in [0.1, 0.15) is 0 Å². The van der Waals surface area contributed by atoms with E-state index in [0.29, 0.717) is 22.8 Å². The number of amides is 1. The molecule has 0 aromatic carbocycles. The molecule has 0 saturated carbocycles. The number of carbonyl (C=O) groups is 1. The van der Waals surface area contributed by atoms with Crippen LogP contribution in [-0.4, -0.2) is 69.3 Å². The number of rotatable bonds is 4. The summed E-state index contributed by atoms with van der Waals surface area (Å²) >= 11 is 0. The Bertz CT molecular complexity index is 1110. The van der Waals surface area contributed by atoms with Crippen LogP contribution in [0, 0.1) is 12.7 Å². The van der Waals surface area contributed by atoms with E-state index in [0.717, 1.165) is 37.3 Å². The van der Waals surface area contributed by atoms with Crippen LogP contribution in [0.3, 0.4) is 0 Å². The van der Waals surface area contributed by atoms with Crippen molar-refractivity contribution in [3.63, 3.8) is 0 Å². The lowest BCUT2D eigenvalue weighted by Crippen LogP contribution is -2.43. The van der Waals surface area contributed by atoms with Gasteiger partial charge in [0.2, 0.25) is 0 Å². The summed E-state index contributed by atoms with van der Waals surface area (Å²) in [7, 11) is 4.27. The summed E-state index contributed by atoms with van der Waals surface area (Å²) in [5, 5.41) is 0. The molecule has 1 amide bonds. The monoisotopic (exact) mass is 467 g/mol. The number of hydrogen-bond donors (Lipinski definition) is 0. The number of aryl methyl sites for hydroxylation is 1. The Labute approximate surface area is 203 Å². The molecule has 34 heavy (non-hydrogen) atoms. The van der Waals surface area contributed by atoms with Crippen LogP contribution >= 0.6 is 0 Å². The third-order valence-electron chi connectivity index (χ3n) is 6.49. The molecule has 1 fully saturated rings. The zero-order valence-corrected chi connectivity index (χ0v) is 21.5. The lowest BCUT2D eigenvalue weighted by Gasteiger charge is -2.39. The summed E-state index contributed by atoms with van der Waals surface area (Å²) in [6.45, 7) is 11.6. The summed E-state index contributed by atoms with van der Waals surface area (Å²) in [6.07, 6.45) is 13.5. The van der Waals surface area contributed by atoms with Crippen molar-refractivity contribution in [3.8, 4) is 0 Å². The van der Waals surface area contributed by atoms with Crippen LogP contribution in [-0.2, 0) is 4.79 Å². The molecule has 2 aromatic rings. The van der Waals surface area contributed by atoms with E-state index < -0.39 is 5.82 Å². The molecule has 1 atom stereocenters. The number of carbonyl (C=O) groups excluding carboxylic acids is 1. The van der Waals surface area contributed by atoms with E-state index in [-0.39, 0.29) is 11.9 Å². The minimum absolute atomic E-state index is 0.0369. The SMILES string of the molecule is C/C(=C\C(=O)N1C=C(N2CCC(N(C)C)CC2)C=CC1C)c1cc(F)c2nc(C)cn2c1.CC. The van der Waals surface area contributed by atoms with Gasteiger partial charge in [-0.3, -0.25) is 4.79 Å². The molecule has 0 bridgehead atoms. The Morgan fingerprint density at radius 1 is 1.21 bits per heavy atom. The Morgan fingerprint density at radius 3 is 2.53 bits per heavy atom. The quantitative estimate of drug-likeness (QED) is 0.602. The van der Waals surface area contributed by atoms with E-state index in [2.05, 4.69) is 41.0 Å². The summed E-state index contributed by atoms with van der Waals surface area (Å²) < 4.78 is 16.1. The maximum atomic E-state index is 14.5. The van der Waals surface area contributed by atoms with Gasteiger partial charge in [0.15, 0.2) is 11.5 Å². The van der Waals surface area contributed by atoms with Gasteiger partial charge in [0, 0.05) is 43.8 Å². The number of fused-ring (bicyclic) bond motifs is 1. The lowest BCUT2D eigenvalue weighted by molar-refractivity contribution is -0.124. The van der Waals surface area contributed by atoms with Gasteiger partial charge < -0.3 is 19.1 Å². The van der Waals surface area contributed by atoms with Crippen molar-refractivity contribution in [1.82, 2.24) is 24.1 Å². The number of nitrogens with zero attached hydrogens (tertiary/aromatic N) is 5. The molecule has 6 nitrogen and oxygen atoms in total. The van der Waals surface area contributed by atoms with Gasteiger partial charge in [0.25, 0.3) is 5.91 Å². The van der Waals surface area contributed by atoms with Crippen molar-refractivity contribution in [1.29, 1.82) is 0 Å². The molecule has 0 N–H and O–H groups in total. The highest BCUT2D eigenvalue weighted by atomic mass is 19.1. The predicted molar refractivity (Wildman–Crippen MR) is 137 cm³/mol. The fraction of sp³-hybridized carbons (Fsp3) is 0.481. The third-order valence-corrected chi connectivity index (χ3v) is 6.49. The fourth-order valence-corrected chi connectivity index (χ4v) is 4.46. The van der Waals surface area contributed by atoms with Crippen LogP contribution < -0.4 is 0 Å². The average Bonchev–Trinajstić information content (AvgIpc) is 3.21. The van der Waals surface area contributed by atoms with Crippen LogP contribution in [0.5, 0.6) is 0 Å². The summed E-state index contributed by atoms with van der Waals surface area (Å²) in [6, 6.07) is 2.01. The minimum Gasteiger partial charge on any atom is -0.370 e. The van der Waals surface area contributed by atoms with E-state index in [9.17, 15) is 9.18 Å². The molecule has 1 unspecified atom stereocenters. The molecule has 0 spiro atoms.